The number of carbonyl (C=O) groups excluding carboxylic acids is 1. The Hall–Kier alpha value is -1.82. The van der Waals surface area contributed by atoms with Gasteiger partial charge in [-0.25, -0.2) is 4.39 Å². The number of hydrogen-bond donors (Lipinski definition) is 1. The Bertz CT molecular complexity index is 568. The van der Waals surface area contributed by atoms with Crippen LogP contribution in [0.3, 0.4) is 0 Å². The summed E-state index contributed by atoms with van der Waals surface area (Å²) < 4.78 is 12.8. The molecule has 19 heavy (non-hydrogen) atoms. The fraction of sp³-hybridized carbons (Fsp3) is 0.231. The van der Waals surface area contributed by atoms with Gasteiger partial charge in [-0.3, -0.25) is 9.79 Å². The minimum absolute atomic E-state index is 0.105. The molecule has 3 rings (SSSR count). The number of amides is 1. The minimum atomic E-state index is -0.314. The first-order chi connectivity index (χ1) is 9.22. The summed E-state index contributed by atoms with van der Waals surface area (Å²) in [6.07, 6.45) is 0.309. The third kappa shape index (κ3) is 2.63. The van der Waals surface area contributed by atoms with Gasteiger partial charge in [0.1, 0.15) is 5.82 Å². The Labute approximate surface area is 114 Å². The number of aliphatic imine (C=N–C) groups is 1. The maximum absolute atomic E-state index is 12.8. The smallest absolute Gasteiger partial charge is 0.230 e. The van der Waals surface area contributed by atoms with E-state index in [4.69, 9.17) is 0 Å². The standard InChI is InChI=1S/C13H12FN3OS/c14-9-1-3-10(4-2-9)16-12(18)7-11-8-19-13-15-5-6-17(11)13/h1-4,8H,5-7H2,(H,16,18). The summed E-state index contributed by atoms with van der Waals surface area (Å²) in [6, 6.07) is 5.75. The van der Waals surface area contributed by atoms with Gasteiger partial charge in [-0.15, -0.1) is 0 Å². The molecule has 1 N–H and O–H groups in total. The topological polar surface area (TPSA) is 44.7 Å². The molecular formula is C13H12FN3OS. The number of nitrogens with one attached hydrogen (secondary N) is 1. The zero-order valence-electron chi connectivity index (χ0n) is 10.1. The van der Waals surface area contributed by atoms with E-state index in [1.165, 1.54) is 12.1 Å². The molecule has 1 aromatic rings. The highest BCUT2D eigenvalue weighted by Crippen LogP contribution is 2.30. The van der Waals surface area contributed by atoms with Gasteiger partial charge in [0.25, 0.3) is 0 Å². The van der Waals surface area contributed by atoms with E-state index in [-0.39, 0.29) is 11.7 Å². The molecule has 0 saturated carbocycles. The number of anilines is 1. The minimum Gasteiger partial charge on any atom is -0.326 e. The third-order valence-corrected chi connectivity index (χ3v) is 3.87. The normalized spacial score (nSPS) is 17.0. The predicted octanol–water partition coefficient (Wildman–Crippen LogP) is 2.41. The molecule has 6 heteroatoms. The Kier molecular flexibility index (Phi) is 3.25. The van der Waals surface area contributed by atoms with Crippen LogP contribution in [0.1, 0.15) is 6.42 Å². The largest absolute Gasteiger partial charge is 0.326 e. The fourth-order valence-corrected chi connectivity index (χ4v) is 2.97. The second-order valence-corrected chi connectivity index (χ2v) is 5.11. The molecule has 1 amide bonds. The van der Waals surface area contributed by atoms with Gasteiger partial charge >= 0.3 is 0 Å². The molecule has 0 aliphatic carbocycles. The van der Waals surface area contributed by atoms with Crippen LogP contribution in [-0.2, 0) is 4.79 Å². The number of amidine groups is 1. The number of carbonyl (C=O) groups is 1. The second-order valence-electron chi connectivity index (χ2n) is 4.27. The predicted molar refractivity (Wildman–Crippen MR) is 74.3 cm³/mol. The number of benzene rings is 1. The first-order valence-corrected chi connectivity index (χ1v) is 6.83. The van der Waals surface area contributed by atoms with E-state index in [9.17, 15) is 9.18 Å². The van der Waals surface area contributed by atoms with Crippen molar-refractivity contribution in [1.82, 2.24) is 4.90 Å². The zero-order chi connectivity index (χ0) is 13.2. The Morgan fingerprint density at radius 2 is 2.21 bits per heavy atom. The van der Waals surface area contributed by atoms with Crippen molar-refractivity contribution in [2.75, 3.05) is 18.4 Å². The summed E-state index contributed by atoms with van der Waals surface area (Å²) in [6.45, 7) is 1.64. The highest BCUT2D eigenvalue weighted by molar-refractivity contribution is 8.16. The molecule has 0 radical (unpaired) electrons. The SMILES string of the molecule is O=C(CC1=CSC2=NCCN12)Nc1ccc(F)cc1. The van der Waals surface area contributed by atoms with Crippen molar-refractivity contribution >= 4 is 28.5 Å². The van der Waals surface area contributed by atoms with E-state index < -0.39 is 0 Å². The van der Waals surface area contributed by atoms with Gasteiger partial charge < -0.3 is 10.2 Å². The second kappa shape index (κ2) is 5.05. The first-order valence-electron chi connectivity index (χ1n) is 5.95. The number of nitrogens with zero attached hydrogens (tertiary/aromatic N) is 2. The average molecular weight is 277 g/mol. The van der Waals surface area contributed by atoms with Crippen molar-refractivity contribution in [2.45, 2.75) is 6.42 Å². The monoisotopic (exact) mass is 277 g/mol. The molecule has 0 unspecified atom stereocenters. The summed E-state index contributed by atoms with van der Waals surface area (Å²) in [7, 11) is 0. The molecule has 4 nitrogen and oxygen atoms in total. The van der Waals surface area contributed by atoms with Gasteiger partial charge in [0.15, 0.2) is 5.17 Å². The Morgan fingerprint density at radius 1 is 1.42 bits per heavy atom. The summed E-state index contributed by atoms with van der Waals surface area (Å²) in [5.41, 5.74) is 1.58. The third-order valence-electron chi connectivity index (χ3n) is 2.92. The lowest BCUT2D eigenvalue weighted by atomic mass is 10.2. The number of rotatable bonds is 3. The van der Waals surface area contributed by atoms with Gasteiger partial charge in [-0.2, -0.15) is 0 Å². The molecule has 0 fully saturated rings. The number of halogens is 1. The number of fused-ring (bicyclic) bond motifs is 1. The lowest BCUT2D eigenvalue weighted by Crippen LogP contribution is -2.24. The van der Waals surface area contributed by atoms with Crippen LogP contribution in [0, 0.1) is 5.82 Å². The van der Waals surface area contributed by atoms with Crippen LogP contribution in [0.2, 0.25) is 0 Å². The van der Waals surface area contributed by atoms with Gasteiger partial charge in [0.05, 0.1) is 13.0 Å². The van der Waals surface area contributed by atoms with Crippen LogP contribution in [0.5, 0.6) is 0 Å². The fourth-order valence-electron chi connectivity index (χ4n) is 2.02. The molecule has 2 aliphatic rings. The molecule has 0 atom stereocenters. The van der Waals surface area contributed by atoms with Gasteiger partial charge in [-0.05, 0) is 29.7 Å². The van der Waals surface area contributed by atoms with Crippen molar-refractivity contribution in [3.8, 4) is 0 Å². The lowest BCUT2D eigenvalue weighted by molar-refractivity contribution is -0.115. The lowest BCUT2D eigenvalue weighted by Gasteiger charge is -2.16. The molecule has 98 valence electrons. The van der Waals surface area contributed by atoms with E-state index in [0.717, 1.165) is 24.0 Å². The molecule has 0 bridgehead atoms. The van der Waals surface area contributed by atoms with Crippen molar-refractivity contribution in [2.24, 2.45) is 4.99 Å². The van der Waals surface area contributed by atoms with Crippen molar-refractivity contribution < 1.29 is 9.18 Å². The highest BCUT2D eigenvalue weighted by Gasteiger charge is 2.27. The van der Waals surface area contributed by atoms with Crippen LogP contribution in [0.4, 0.5) is 10.1 Å². The van der Waals surface area contributed by atoms with E-state index in [2.05, 4.69) is 15.2 Å². The van der Waals surface area contributed by atoms with Crippen LogP contribution >= 0.6 is 11.8 Å². The van der Waals surface area contributed by atoms with Gasteiger partial charge in [0.2, 0.25) is 5.91 Å². The maximum Gasteiger partial charge on any atom is 0.230 e. The molecular weight excluding hydrogens is 265 g/mol. The molecule has 0 aromatic heterocycles. The zero-order valence-corrected chi connectivity index (χ0v) is 10.9. The Balaban J connectivity index is 1.60. The van der Waals surface area contributed by atoms with Crippen molar-refractivity contribution in [3.05, 3.63) is 41.2 Å². The average Bonchev–Trinajstić information content (AvgIpc) is 2.97. The first kappa shape index (κ1) is 12.2. The van der Waals surface area contributed by atoms with Crippen LogP contribution < -0.4 is 5.32 Å². The van der Waals surface area contributed by atoms with E-state index in [0.29, 0.717) is 12.1 Å². The summed E-state index contributed by atoms with van der Waals surface area (Å²) in [4.78, 5) is 18.3. The molecule has 2 heterocycles. The summed E-state index contributed by atoms with van der Waals surface area (Å²) in [5, 5.41) is 5.69. The van der Waals surface area contributed by atoms with Crippen LogP contribution in [-0.4, -0.2) is 29.1 Å². The van der Waals surface area contributed by atoms with E-state index in [1.54, 1.807) is 23.9 Å². The quantitative estimate of drug-likeness (QED) is 0.922. The maximum atomic E-state index is 12.8. The van der Waals surface area contributed by atoms with Gasteiger partial charge in [-0.1, -0.05) is 11.8 Å². The highest BCUT2D eigenvalue weighted by atomic mass is 32.2. The molecule has 1 aromatic carbocycles. The molecule has 0 spiro atoms. The van der Waals surface area contributed by atoms with Crippen LogP contribution in [0.25, 0.3) is 0 Å². The number of thioether (sulfide) groups is 1. The van der Waals surface area contributed by atoms with Crippen LogP contribution in [0.15, 0.2) is 40.4 Å². The molecule has 0 saturated heterocycles. The van der Waals surface area contributed by atoms with Gasteiger partial charge in [0, 0.05) is 17.9 Å². The van der Waals surface area contributed by atoms with Crippen molar-refractivity contribution in [3.63, 3.8) is 0 Å². The van der Waals surface area contributed by atoms with E-state index in [1.807, 2.05) is 5.41 Å². The Morgan fingerprint density at radius 3 is 3.00 bits per heavy atom. The van der Waals surface area contributed by atoms with E-state index >= 15 is 0 Å². The summed E-state index contributed by atoms with van der Waals surface area (Å²) >= 11 is 1.56. The molecule has 2 aliphatic heterocycles. The summed E-state index contributed by atoms with van der Waals surface area (Å²) in [5.74, 6) is -0.419. The number of hydrogen-bond acceptors (Lipinski definition) is 4. The van der Waals surface area contributed by atoms with Crippen molar-refractivity contribution in [1.29, 1.82) is 0 Å².